The molecule has 1 aliphatic heterocycles. The van der Waals surface area contributed by atoms with Crippen molar-refractivity contribution in [3.8, 4) is 0 Å². The number of hydrogen-bond donors (Lipinski definition) is 0. The molecule has 3 rings (SSSR count). The van der Waals surface area contributed by atoms with Crippen molar-refractivity contribution in [2.75, 3.05) is 7.05 Å². The van der Waals surface area contributed by atoms with E-state index in [1.807, 2.05) is 18.3 Å². The van der Waals surface area contributed by atoms with Gasteiger partial charge in [0.2, 0.25) is 0 Å². The first-order valence-corrected chi connectivity index (χ1v) is 8.06. The van der Waals surface area contributed by atoms with E-state index in [0.29, 0.717) is 22.3 Å². The van der Waals surface area contributed by atoms with Crippen LogP contribution >= 0.6 is 23.2 Å². The summed E-state index contributed by atoms with van der Waals surface area (Å²) in [6.07, 6.45) is 5.08. The van der Waals surface area contributed by atoms with Crippen molar-refractivity contribution in [3.63, 3.8) is 0 Å². The Morgan fingerprint density at radius 1 is 1.36 bits per heavy atom. The van der Waals surface area contributed by atoms with Crippen LogP contribution in [0.5, 0.6) is 0 Å². The van der Waals surface area contributed by atoms with Gasteiger partial charge in [0, 0.05) is 32.8 Å². The molecular weight excluding hydrogens is 321 g/mol. The Bertz CT molecular complexity index is 688. The normalized spacial score (nSPS) is 13.8. The molecule has 6 heteroatoms. The van der Waals surface area contributed by atoms with Gasteiger partial charge >= 0.3 is 0 Å². The minimum Gasteiger partial charge on any atom is -0.336 e. The fourth-order valence-corrected chi connectivity index (χ4v) is 3.09. The molecule has 0 atom stereocenters. The van der Waals surface area contributed by atoms with Gasteiger partial charge in [-0.05, 0) is 24.5 Å². The lowest BCUT2D eigenvalue weighted by Gasteiger charge is -2.17. The highest BCUT2D eigenvalue weighted by Crippen LogP contribution is 2.26. The summed E-state index contributed by atoms with van der Waals surface area (Å²) in [5.41, 5.74) is 1.33. The van der Waals surface area contributed by atoms with Crippen molar-refractivity contribution < 1.29 is 4.79 Å². The van der Waals surface area contributed by atoms with E-state index in [1.165, 1.54) is 0 Å². The number of amides is 1. The van der Waals surface area contributed by atoms with Crippen molar-refractivity contribution in [2.45, 2.75) is 32.4 Å². The maximum Gasteiger partial charge on any atom is 0.274 e. The molecule has 0 bridgehead atoms. The van der Waals surface area contributed by atoms with Crippen LogP contribution in [-0.2, 0) is 19.5 Å². The van der Waals surface area contributed by atoms with Crippen molar-refractivity contribution in [1.29, 1.82) is 0 Å². The number of carbonyl (C=O) groups excluding carboxylic acids is 1. The SMILES string of the molecule is CN(Cc1cccc(Cl)c1Cl)C(=O)c1cn2c(n1)CCCC2. The number of benzene rings is 1. The van der Waals surface area contributed by atoms with Crippen LogP contribution in [0, 0.1) is 0 Å². The van der Waals surface area contributed by atoms with Gasteiger partial charge in [-0.3, -0.25) is 4.79 Å². The number of aryl methyl sites for hydroxylation is 2. The summed E-state index contributed by atoms with van der Waals surface area (Å²) in [6, 6.07) is 5.44. The molecule has 116 valence electrons. The second kappa shape index (κ2) is 6.31. The molecule has 0 saturated carbocycles. The number of rotatable bonds is 3. The van der Waals surface area contributed by atoms with Crippen molar-refractivity contribution in [1.82, 2.24) is 14.5 Å². The van der Waals surface area contributed by atoms with Gasteiger partial charge in [0.25, 0.3) is 5.91 Å². The van der Waals surface area contributed by atoms with E-state index in [2.05, 4.69) is 9.55 Å². The van der Waals surface area contributed by atoms with Gasteiger partial charge in [0.15, 0.2) is 0 Å². The van der Waals surface area contributed by atoms with Crippen LogP contribution in [0.1, 0.15) is 34.7 Å². The second-order valence-corrected chi connectivity index (χ2v) is 6.35. The van der Waals surface area contributed by atoms with Gasteiger partial charge in [-0.2, -0.15) is 0 Å². The number of nitrogens with zero attached hydrogens (tertiary/aromatic N) is 3. The van der Waals surface area contributed by atoms with Crippen molar-refractivity contribution >= 4 is 29.1 Å². The predicted molar refractivity (Wildman–Crippen MR) is 87.4 cm³/mol. The summed E-state index contributed by atoms with van der Waals surface area (Å²) >= 11 is 12.2. The largest absolute Gasteiger partial charge is 0.336 e. The van der Waals surface area contributed by atoms with Gasteiger partial charge in [0.05, 0.1) is 10.0 Å². The molecule has 2 aromatic rings. The second-order valence-electron chi connectivity index (χ2n) is 5.57. The van der Waals surface area contributed by atoms with E-state index in [-0.39, 0.29) is 5.91 Å². The Morgan fingerprint density at radius 2 is 2.18 bits per heavy atom. The number of aromatic nitrogens is 2. The molecule has 1 aliphatic rings. The van der Waals surface area contributed by atoms with E-state index in [9.17, 15) is 4.79 Å². The molecule has 2 heterocycles. The summed E-state index contributed by atoms with van der Waals surface area (Å²) in [4.78, 5) is 18.6. The average Bonchev–Trinajstić information content (AvgIpc) is 2.95. The first-order valence-electron chi connectivity index (χ1n) is 7.30. The number of carbonyl (C=O) groups is 1. The lowest BCUT2D eigenvalue weighted by Crippen LogP contribution is -2.26. The number of hydrogen-bond acceptors (Lipinski definition) is 2. The third-order valence-corrected chi connectivity index (χ3v) is 4.77. The fourth-order valence-electron chi connectivity index (χ4n) is 2.71. The monoisotopic (exact) mass is 337 g/mol. The van der Waals surface area contributed by atoms with Crippen LogP contribution in [0.25, 0.3) is 0 Å². The van der Waals surface area contributed by atoms with Gasteiger partial charge in [-0.15, -0.1) is 0 Å². The number of imidazole rings is 1. The van der Waals surface area contributed by atoms with E-state index in [1.54, 1.807) is 18.0 Å². The Morgan fingerprint density at radius 3 is 2.95 bits per heavy atom. The minimum absolute atomic E-state index is 0.0991. The van der Waals surface area contributed by atoms with Gasteiger partial charge in [-0.25, -0.2) is 4.98 Å². The average molecular weight is 338 g/mol. The maximum absolute atomic E-state index is 12.5. The highest BCUT2D eigenvalue weighted by Gasteiger charge is 2.20. The Kier molecular flexibility index (Phi) is 4.41. The molecule has 1 amide bonds. The molecule has 4 nitrogen and oxygen atoms in total. The topological polar surface area (TPSA) is 38.1 Å². The van der Waals surface area contributed by atoms with E-state index in [0.717, 1.165) is 37.2 Å². The van der Waals surface area contributed by atoms with Crippen molar-refractivity contribution in [2.24, 2.45) is 0 Å². The summed E-state index contributed by atoms with van der Waals surface area (Å²) in [5, 5.41) is 0.991. The Labute approximate surface area is 139 Å². The summed E-state index contributed by atoms with van der Waals surface area (Å²) in [6.45, 7) is 1.35. The quantitative estimate of drug-likeness (QED) is 0.854. The highest BCUT2D eigenvalue weighted by molar-refractivity contribution is 6.42. The predicted octanol–water partition coefficient (Wildman–Crippen LogP) is 3.80. The zero-order chi connectivity index (χ0) is 15.7. The van der Waals surface area contributed by atoms with Gasteiger partial charge < -0.3 is 9.47 Å². The fraction of sp³-hybridized carbons (Fsp3) is 0.375. The van der Waals surface area contributed by atoms with Crippen LogP contribution in [0.2, 0.25) is 10.0 Å². The van der Waals surface area contributed by atoms with Gasteiger partial charge in [0.1, 0.15) is 11.5 Å². The molecular formula is C16H17Cl2N3O. The van der Waals surface area contributed by atoms with E-state index < -0.39 is 0 Å². The van der Waals surface area contributed by atoms with Crippen LogP contribution in [0.3, 0.4) is 0 Å². The first-order chi connectivity index (χ1) is 10.6. The summed E-state index contributed by atoms with van der Waals surface area (Å²) < 4.78 is 2.08. The summed E-state index contributed by atoms with van der Waals surface area (Å²) in [5.74, 6) is 0.904. The molecule has 0 radical (unpaired) electrons. The molecule has 22 heavy (non-hydrogen) atoms. The minimum atomic E-state index is -0.0991. The van der Waals surface area contributed by atoms with E-state index >= 15 is 0 Å². The maximum atomic E-state index is 12.5. The standard InChI is InChI=1S/C16H17Cl2N3O/c1-20(9-11-5-4-6-12(17)15(11)18)16(22)13-10-21-8-3-2-7-14(21)19-13/h4-6,10H,2-3,7-9H2,1H3. The first kappa shape index (κ1) is 15.4. The highest BCUT2D eigenvalue weighted by atomic mass is 35.5. The molecule has 0 unspecified atom stereocenters. The third-order valence-electron chi connectivity index (χ3n) is 3.91. The van der Waals surface area contributed by atoms with Crippen LogP contribution < -0.4 is 0 Å². The van der Waals surface area contributed by atoms with Gasteiger partial charge in [-0.1, -0.05) is 35.3 Å². The van der Waals surface area contributed by atoms with Crippen LogP contribution in [0.4, 0.5) is 0 Å². The lowest BCUT2D eigenvalue weighted by molar-refractivity contribution is 0.0779. The number of fused-ring (bicyclic) bond motifs is 1. The lowest BCUT2D eigenvalue weighted by atomic mass is 10.2. The van der Waals surface area contributed by atoms with Crippen molar-refractivity contribution in [3.05, 3.63) is 51.5 Å². The molecule has 0 N–H and O–H groups in total. The zero-order valence-corrected chi connectivity index (χ0v) is 13.9. The number of halogens is 2. The van der Waals surface area contributed by atoms with Crippen LogP contribution in [0.15, 0.2) is 24.4 Å². The third kappa shape index (κ3) is 2.99. The molecule has 0 fully saturated rings. The van der Waals surface area contributed by atoms with E-state index in [4.69, 9.17) is 23.2 Å². The smallest absolute Gasteiger partial charge is 0.274 e. The molecule has 0 saturated heterocycles. The molecule has 0 aliphatic carbocycles. The Hall–Kier alpha value is -1.52. The Balaban J connectivity index is 1.77. The summed E-state index contributed by atoms with van der Waals surface area (Å²) in [7, 11) is 1.75. The molecule has 1 aromatic heterocycles. The zero-order valence-electron chi connectivity index (χ0n) is 12.4. The van der Waals surface area contributed by atoms with Crippen LogP contribution in [-0.4, -0.2) is 27.4 Å². The molecule has 1 aromatic carbocycles. The molecule has 0 spiro atoms.